The van der Waals surface area contributed by atoms with Crippen LogP contribution in [0.15, 0.2) is 36.7 Å². The van der Waals surface area contributed by atoms with Crippen LogP contribution in [-0.4, -0.2) is 45.5 Å². The summed E-state index contributed by atoms with van der Waals surface area (Å²) in [5, 5.41) is 15.6. The van der Waals surface area contributed by atoms with Gasteiger partial charge in [-0.05, 0) is 25.1 Å². The maximum Gasteiger partial charge on any atom is 0.416 e. The molecule has 0 aliphatic rings. The number of aliphatic hydroxyl groups excluding tert-OH is 1. The molecule has 0 fully saturated rings. The van der Waals surface area contributed by atoms with Crippen molar-refractivity contribution in [2.75, 3.05) is 19.0 Å². The van der Waals surface area contributed by atoms with Crippen molar-refractivity contribution < 1.29 is 23.1 Å². The fourth-order valence-electron chi connectivity index (χ4n) is 1.89. The lowest BCUT2D eigenvalue weighted by Gasteiger charge is -2.22. The van der Waals surface area contributed by atoms with Gasteiger partial charge in [0.15, 0.2) is 0 Å². The number of nitrogens with zero attached hydrogens (tertiary/aromatic N) is 3. The molecule has 0 saturated carbocycles. The minimum absolute atomic E-state index is 0.187. The Kier molecular flexibility index (Phi) is 5.13. The zero-order valence-electron chi connectivity index (χ0n) is 13.1. The third-order valence-electron chi connectivity index (χ3n) is 3.52. The number of alkyl halides is 3. The van der Waals surface area contributed by atoms with Crippen LogP contribution >= 0.6 is 0 Å². The SMILES string of the molecule is CC(CO)N(C)C(=O)Nc1cnn(-c2cccc(C(F)(F)F)c2)c1. The lowest BCUT2D eigenvalue weighted by molar-refractivity contribution is -0.137. The molecule has 2 rings (SSSR count). The van der Waals surface area contributed by atoms with Gasteiger partial charge in [0.05, 0.1) is 42.0 Å². The molecular formula is C15H17F3N4O2. The first-order valence-corrected chi connectivity index (χ1v) is 7.09. The summed E-state index contributed by atoms with van der Waals surface area (Å²) in [5.74, 6) is 0. The Hall–Kier alpha value is -2.55. The van der Waals surface area contributed by atoms with E-state index in [0.29, 0.717) is 5.69 Å². The molecule has 9 heteroatoms. The van der Waals surface area contributed by atoms with E-state index in [0.717, 1.165) is 12.1 Å². The number of benzene rings is 1. The number of rotatable bonds is 4. The van der Waals surface area contributed by atoms with Crippen LogP contribution in [0.3, 0.4) is 0 Å². The maximum absolute atomic E-state index is 12.7. The number of anilines is 1. The highest BCUT2D eigenvalue weighted by atomic mass is 19.4. The molecular weight excluding hydrogens is 325 g/mol. The van der Waals surface area contributed by atoms with Crippen LogP contribution in [0.1, 0.15) is 12.5 Å². The van der Waals surface area contributed by atoms with Crippen molar-refractivity contribution in [3.63, 3.8) is 0 Å². The second kappa shape index (κ2) is 6.91. The minimum atomic E-state index is -4.44. The van der Waals surface area contributed by atoms with Gasteiger partial charge in [-0.3, -0.25) is 0 Å². The number of carbonyl (C=O) groups is 1. The molecule has 1 unspecified atom stereocenters. The van der Waals surface area contributed by atoms with Crippen LogP contribution in [0.2, 0.25) is 0 Å². The van der Waals surface area contributed by atoms with Crippen LogP contribution in [0.4, 0.5) is 23.7 Å². The van der Waals surface area contributed by atoms with E-state index in [4.69, 9.17) is 5.11 Å². The molecule has 0 aliphatic heterocycles. The highest BCUT2D eigenvalue weighted by molar-refractivity contribution is 5.89. The fraction of sp³-hybridized carbons (Fsp3) is 0.333. The van der Waals surface area contributed by atoms with Crippen molar-refractivity contribution >= 4 is 11.7 Å². The molecule has 130 valence electrons. The summed E-state index contributed by atoms with van der Waals surface area (Å²) in [6.45, 7) is 1.49. The predicted molar refractivity (Wildman–Crippen MR) is 81.9 cm³/mol. The quantitative estimate of drug-likeness (QED) is 0.898. The number of aromatic nitrogens is 2. The number of hydrogen-bond donors (Lipinski definition) is 2. The van der Waals surface area contributed by atoms with Gasteiger partial charge >= 0.3 is 12.2 Å². The van der Waals surface area contributed by atoms with Gasteiger partial charge in [0.2, 0.25) is 0 Å². The van der Waals surface area contributed by atoms with E-state index in [2.05, 4.69) is 10.4 Å². The molecule has 1 aromatic carbocycles. The topological polar surface area (TPSA) is 70.4 Å². The summed E-state index contributed by atoms with van der Waals surface area (Å²) in [6.07, 6.45) is -1.70. The number of hydrogen-bond acceptors (Lipinski definition) is 3. The third kappa shape index (κ3) is 4.05. The summed E-state index contributed by atoms with van der Waals surface area (Å²) < 4.78 is 39.5. The fourth-order valence-corrected chi connectivity index (χ4v) is 1.89. The molecule has 0 saturated heterocycles. The Morgan fingerprint density at radius 2 is 2.17 bits per heavy atom. The van der Waals surface area contributed by atoms with Crippen LogP contribution < -0.4 is 5.32 Å². The first-order chi connectivity index (χ1) is 11.2. The van der Waals surface area contributed by atoms with Crippen LogP contribution in [0.25, 0.3) is 5.69 Å². The monoisotopic (exact) mass is 342 g/mol. The highest BCUT2D eigenvalue weighted by Gasteiger charge is 2.30. The van der Waals surface area contributed by atoms with E-state index in [1.165, 1.54) is 41.2 Å². The number of carbonyl (C=O) groups excluding carboxylic acids is 1. The zero-order chi connectivity index (χ0) is 17.9. The number of nitrogens with one attached hydrogen (secondary N) is 1. The van der Waals surface area contributed by atoms with Crippen molar-refractivity contribution in [3.05, 3.63) is 42.2 Å². The first kappa shape index (κ1) is 17.8. The molecule has 0 radical (unpaired) electrons. The van der Waals surface area contributed by atoms with Crippen molar-refractivity contribution in [1.82, 2.24) is 14.7 Å². The molecule has 1 heterocycles. The van der Waals surface area contributed by atoms with E-state index < -0.39 is 17.8 Å². The number of urea groups is 1. The van der Waals surface area contributed by atoms with Crippen LogP contribution in [-0.2, 0) is 6.18 Å². The average Bonchev–Trinajstić information content (AvgIpc) is 3.01. The molecule has 0 aliphatic carbocycles. The van der Waals surface area contributed by atoms with E-state index in [-0.39, 0.29) is 18.3 Å². The van der Waals surface area contributed by atoms with Gasteiger partial charge in [-0.25, -0.2) is 9.48 Å². The maximum atomic E-state index is 12.7. The second-order valence-electron chi connectivity index (χ2n) is 5.29. The number of likely N-dealkylation sites (N-methyl/N-ethyl adjacent to an activating group) is 1. The van der Waals surface area contributed by atoms with Gasteiger partial charge in [-0.1, -0.05) is 6.07 Å². The smallest absolute Gasteiger partial charge is 0.394 e. The van der Waals surface area contributed by atoms with Crippen LogP contribution in [0.5, 0.6) is 0 Å². The Morgan fingerprint density at radius 1 is 1.46 bits per heavy atom. The average molecular weight is 342 g/mol. The first-order valence-electron chi connectivity index (χ1n) is 7.09. The molecule has 2 aromatic rings. The Morgan fingerprint density at radius 3 is 2.79 bits per heavy atom. The lowest BCUT2D eigenvalue weighted by atomic mass is 10.2. The van der Waals surface area contributed by atoms with Crippen molar-refractivity contribution in [2.45, 2.75) is 19.1 Å². The Balaban J connectivity index is 2.15. The summed E-state index contributed by atoms with van der Waals surface area (Å²) in [5.41, 5.74) is -0.227. The number of amides is 2. The Labute approximate surface area is 136 Å². The summed E-state index contributed by atoms with van der Waals surface area (Å²) in [7, 11) is 1.52. The molecule has 6 nitrogen and oxygen atoms in total. The van der Waals surface area contributed by atoms with Gasteiger partial charge in [-0.2, -0.15) is 18.3 Å². The van der Waals surface area contributed by atoms with Gasteiger partial charge in [0, 0.05) is 7.05 Å². The summed E-state index contributed by atoms with van der Waals surface area (Å²) in [4.78, 5) is 13.3. The molecule has 0 bridgehead atoms. The predicted octanol–water partition coefficient (Wildman–Crippen LogP) is 2.74. The molecule has 24 heavy (non-hydrogen) atoms. The van der Waals surface area contributed by atoms with E-state index >= 15 is 0 Å². The van der Waals surface area contributed by atoms with E-state index in [1.807, 2.05) is 0 Å². The lowest BCUT2D eigenvalue weighted by Crippen LogP contribution is -2.40. The normalized spacial score (nSPS) is 12.8. The molecule has 2 amide bonds. The second-order valence-corrected chi connectivity index (χ2v) is 5.29. The van der Waals surface area contributed by atoms with Crippen molar-refractivity contribution in [2.24, 2.45) is 0 Å². The third-order valence-corrected chi connectivity index (χ3v) is 3.52. The van der Waals surface area contributed by atoms with Gasteiger partial charge in [0.1, 0.15) is 0 Å². The van der Waals surface area contributed by atoms with Gasteiger partial charge in [0.25, 0.3) is 0 Å². The zero-order valence-corrected chi connectivity index (χ0v) is 13.1. The van der Waals surface area contributed by atoms with Crippen molar-refractivity contribution in [3.8, 4) is 5.69 Å². The molecule has 1 aromatic heterocycles. The van der Waals surface area contributed by atoms with E-state index in [9.17, 15) is 18.0 Å². The van der Waals surface area contributed by atoms with Crippen molar-refractivity contribution in [1.29, 1.82) is 0 Å². The van der Waals surface area contributed by atoms with Gasteiger partial charge < -0.3 is 15.3 Å². The highest BCUT2D eigenvalue weighted by Crippen LogP contribution is 2.30. The molecule has 2 N–H and O–H groups in total. The van der Waals surface area contributed by atoms with Gasteiger partial charge in [-0.15, -0.1) is 0 Å². The Bertz CT molecular complexity index is 715. The molecule has 0 spiro atoms. The number of aliphatic hydroxyl groups is 1. The van der Waals surface area contributed by atoms with E-state index in [1.54, 1.807) is 6.92 Å². The van der Waals surface area contributed by atoms with Crippen LogP contribution in [0, 0.1) is 0 Å². The largest absolute Gasteiger partial charge is 0.416 e. The standard InChI is InChI=1S/C15H17F3N4O2/c1-10(9-23)21(2)14(24)20-12-7-19-22(8-12)13-5-3-4-11(6-13)15(16,17)18/h3-8,10,23H,9H2,1-2H3,(H,20,24). The summed E-state index contributed by atoms with van der Waals surface area (Å²) >= 11 is 0. The molecule has 1 atom stereocenters. The summed E-state index contributed by atoms with van der Waals surface area (Å²) in [6, 6.07) is 3.88. The minimum Gasteiger partial charge on any atom is -0.394 e. The number of halogens is 3.